The van der Waals surface area contributed by atoms with Crippen LogP contribution >= 0.6 is 0 Å². The van der Waals surface area contributed by atoms with Gasteiger partial charge in [0.2, 0.25) is 0 Å². The van der Waals surface area contributed by atoms with Gasteiger partial charge in [0.25, 0.3) is 0 Å². The van der Waals surface area contributed by atoms with Gasteiger partial charge >= 0.3 is 0 Å². The Kier molecular flexibility index (Phi) is 6.07. The molecule has 0 spiro atoms. The minimum Gasteiger partial charge on any atom is -0.380 e. The molecule has 92 valence electrons. The van der Waals surface area contributed by atoms with Gasteiger partial charge in [0.1, 0.15) is 0 Å². The van der Waals surface area contributed by atoms with Crippen molar-refractivity contribution in [1.82, 2.24) is 15.2 Å². The smallest absolute Gasteiger partial charge is 0.0636 e. The third-order valence-corrected chi connectivity index (χ3v) is 2.40. The van der Waals surface area contributed by atoms with Gasteiger partial charge in [-0.25, -0.2) is 0 Å². The molecule has 1 atom stereocenters. The van der Waals surface area contributed by atoms with Crippen LogP contribution in [-0.2, 0) is 17.7 Å². The third-order valence-electron chi connectivity index (χ3n) is 2.40. The van der Waals surface area contributed by atoms with Crippen LogP contribution in [-0.4, -0.2) is 29.0 Å². The van der Waals surface area contributed by atoms with Gasteiger partial charge in [-0.05, 0) is 25.3 Å². The highest BCUT2D eigenvalue weighted by Gasteiger charge is 2.09. The second kappa shape index (κ2) is 7.38. The van der Waals surface area contributed by atoms with E-state index in [9.17, 15) is 0 Å². The number of hydrogen-bond donors (Lipinski definition) is 2. The molecule has 3 N–H and O–H groups in total. The summed E-state index contributed by atoms with van der Waals surface area (Å²) in [6.45, 7) is 6.48. The molecule has 1 rings (SSSR count). The van der Waals surface area contributed by atoms with E-state index in [2.05, 4.69) is 24.4 Å². The molecule has 1 heterocycles. The van der Waals surface area contributed by atoms with E-state index in [1.165, 1.54) is 5.56 Å². The number of hydrogen-bond acceptors (Lipinski definition) is 4. The Morgan fingerprint density at radius 1 is 1.56 bits per heavy atom. The summed E-state index contributed by atoms with van der Waals surface area (Å²) in [5, 5.41) is 4.23. The molecule has 0 amide bonds. The monoisotopic (exact) mass is 226 g/mol. The van der Waals surface area contributed by atoms with Gasteiger partial charge in [0, 0.05) is 25.4 Å². The molecule has 5 heteroatoms. The summed E-state index contributed by atoms with van der Waals surface area (Å²) in [4.78, 5) is 0. The Bertz CT molecular complexity index is 287. The van der Waals surface area contributed by atoms with Gasteiger partial charge in [-0.1, -0.05) is 6.92 Å². The average Bonchev–Trinajstić information content (AvgIpc) is 2.75. The lowest BCUT2D eigenvalue weighted by molar-refractivity contribution is 0.112. The van der Waals surface area contributed by atoms with E-state index < -0.39 is 0 Å². The molecule has 5 nitrogen and oxygen atoms in total. The van der Waals surface area contributed by atoms with Gasteiger partial charge in [-0.15, -0.1) is 0 Å². The van der Waals surface area contributed by atoms with Crippen LogP contribution in [0.3, 0.4) is 0 Å². The Balaban J connectivity index is 2.36. The minimum absolute atomic E-state index is 0.154. The van der Waals surface area contributed by atoms with Crippen LogP contribution in [0.2, 0.25) is 0 Å². The van der Waals surface area contributed by atoms with E-state index in [4.69, 9.17) is 10.6 Å². The van der Waals surface area contributed by atoms with E-state index in [0.717, 1.165) is 26.0 Å². The first-order valence-electron chi connectivity index (χ1n) is 5.85. The fourth-order valence-corrected chi connectivity index (χ4v) is 1.51. The van der Waals surface area contributed by atoms with Crippen LogP contribution in [0.4, 0.5) is 0 Å². The summed E-state index contributed by atoms with van der Waals surface area (Å²) in [5.74, 6) is 5.48. The zero-order valence-electron chi connectivity index (χ0n) is 10.1. The highest BCUT2D eigenvalue weighted by Crippen LogP contribution is 2.02. The van der Waals surface area contributed by atoms with Crippen LogP contribution in [0, 0.1) is 0 Å². The molecule has 0 saturated carbocycles. The lowest BCUT2D eigenvalue weighted by Crippen LogP contribution is -2.40. The third kappa shape index (κ3) is 4.30. The summed E-state index contributed by atoms with van der Waals surface area (Å²) >= 11 is 0. The van der Waals surface area contributed by atoms with E-state index in [1.54, 1.807) is 0 Å². The average molecular weight is 226 g/mol. The van der Waals surface area contributed by atoms with Crippen molar-refractivity contribution in [2.75, 3.05) is 13.2 Å². The molecule has 0 saturated heterocycles. The number of nitrogens with zero attached hydrogens (tertiary/aromatic N) is 2. The maximum absolute atomic E-state index is 5.48. The van der Waals surface area contributed by atoms with Crippen LogP contribution in [0.25, 0.3) is 0 Å². The van der Waals surface area contributed by atoms with Gasteiger partial charge < -0.3 is 4.74 Å². The Morgan fingerprint density at radius 2 is 2.38 bits per heavy atom. The molecule has 0 radical (unpaired) electrons. The SMILES string of the molecule is CCCOCC(Cc1cnn(CC)c1)NN. The summed E-state index contributed by atoms with van der Waals surface area (Å²) in [6, 6.07) is 0.154. The quantitative estimate of drug-likeness (QED) is 0.389. The number of ether oxygens (including phenoxy) is 1. The zero-order chi connectivity index (χ0) is 11.8. The summed E-state index contributed by atoms with van der Waals surface area (Å²) in [6.07, 6.45) is 5.81. The molecular formula is C11H22N4O. The fraction of sp³-hybridized carbons (Fsp3) is 0.727. The normalized spacial score (nSPS) is 12.9. The van der Waals surface area contributed by atoms with Crippen molar-refractivity contribution < 1.29 is 4.74 Å². The Labute approximate surface area is 96.9 Å². The number of aryl methyl sites for hydroxylation is 1. The lowest BCUT2D eigenvalue weighted by Gasteiger charge is -2.14. The standard InChI is InChI=1S/C11H22N4O/c1-3-5-16-9-11(14-12)6-10-7-13-15(4-2)8-10/h7-8,11,14H,3-6,9,12H2,1-2H3. The Hall–Kier alpha value is -0.910. The predicted octanol–water partition coefficient (Wildman–Crippen LogP) is 0.704. The largest absolute Gasteiger partial charge is 0.380 e. The maximum atomic E-state index is 5.48. The van der Waals surface area contributed by atoms with E-state index >= 15 is 0 Å². The van der Waals surface area contributed by atoms with Gasteiger partial charge in [0.05, 0.1) is 12.8 Å². The van der Waals surface area contributed by atoms with Crippen molar-refractivity contribution in [2.24, 2.45) is 5.84 Å². The first kappa shape index (κ1) is 13.2. The highest BCUT2D eigenvalue weighted by molar-refractivity contribution is 5.06. The lowest BCUT2D eigenvalue weighted by atomic mass is 10.1. The highest BCUT2D eigenvalue weighted by atomic mass is 16.5. The molecule has 0 aliphatic carbocycles. The van der Waals surface area contributed by atoms with Crippen LogP contribution < -0.4 is 11.3 Å². The van der Waals surface area contributed by atoms with Crippen molar-refractivity contribution in [2.45, 2.75) is 39.3 Å². The number of rotatable bonds is 8. The summed E-state index contributed by atoms with van der Waals surface area (Å²) < 4.78 is 7.38. The topological polar surface area (TPSA) is 65.1 Å². The number of aromatic nitrogens is 2. The minimum atomic E-state index is 0.154. The van der Waals surface area contributed by atoms with Crippen molar-refractivity contribution in [1.29, 1.82) is 0 Å². The van der Waals surface area contributed by atoms with Crippen LogP contribution in [0.1, 0.15) is 25.8 Å². The molecule has 0 bridgehead atoms. The van der Waals surface area contributed by atoms with Crippen LogP contribution in [0.5, 0.6) is 0 Å². The van der Waals surface area contributed by atoms with Crippen molar-refractivity contribution in [3.05, 3.63) is 18.0 Å². The molecule has 1 aromatic rings. The van der Waals surface area contributed by atoms with Crippen molar-refractivity contribution in [3.8, 4) is 0 Å². The molecule has 0 aliphatic heterocycles. The molecule has 1 aromatic heterocycles. The molecule has 0 aliphatic rings. The Morgan fingerprint density at radius 3 is 2.94 bits per heavy atom. The van der Waals surface area contributed by atoms with Gasteiger partial charge in [0.15, 0.2) is 0 Å². The number of hydrazine groups is 1. The van der Waals surface area contributed by atoms with Crippen LogP contribution in [0.15, 0.2) is 12.4 Å². The fourth-order valence-electron chi connectivity index (χ4n) is 1.51. The van der Waals surface area contributed by atoms with Gasteiger partial charge in [-0.2, -0.15) is 5.10 Å². The van der Waals surface area contributed by atoms with Gasteiger partial charge in [-0.3, -0.25) is 16.0 Å². The summed E-state index contributed by atoms with van der Waals surface area (Å²) in [5.41, 5.74) is 3.96. The molecule has 16 heavy (non-hydrogen) atoms. The zero-order valence-corrected chi connectivity index (χ0v) is 10.1. The molecular weight excluding hydrogens is 204 g/mol. The molecule has 0 aromatic carbocycles. The molecule has 0 fully saturated rings. The van der Waals surface area contributed by atoms with E-state index in [0.29, 0.717) is 6.61 Å². The molecule has 1 unspecified atom stereocenters. The second-order valence-electron chi connectivity index (χ2n) is 3.85. The first-order valence-corrected chi connectivity index (χ1v) is 5.85. The number of nitrogens with one attached hydrogen (secondary N) is 1. The van der Waals surface area contributed by atoms with E-state index in [1.807, 2.05) is 17.1 Å². The first-order chi connectivity index (χ1) is 7.80. The predicted molar refractivity (Wildman–Crippen MR) is 63.8 cm³/mol. The van der Waals surface area contributed by atoms with E-state index in [-0.39, 0.29) is 6.04 Å². The van der Waals surface area contributed by atoms with Crippen molar-refractivity contribution in [3.63, 3.8) is 0 Å². The number of nitrogens with two attached hydrogens (primary N) is 1. The van der Waals surface area contributed by atoms with Crippen molar-refractivity contribution >= 4 is 0 Å². The maximum Gasteiger partial charge on any atom is 0.0636 e. The summed E-state index contributed by atoms with van der Waals surface area (Å²) in [7, 11) is 0. The second-order valence-corrected chi connectivity index (χ2v) is 3.85.